The lowest BCUT2D eigenvalue weighted by atomic mass is 10.1. The van der Waals surface area contributed by atoms with Gasteiger partial charge in [-0.25, -0.2) is 0 Å². The quantitative estimate of drug-likeness (QED) is 0.800. The lowest BCUT2D eigenvalue weighted by molar-refractivity contribution is 0.268. The number of anilines is 1. The van der Waals surface area contributed by atoms with E-state index < -0.39 is 0 Å². The van der Waals surface area contributed by atoms with Crippen molar-refractivity contribution in [3.63, 3.8) is 0 Å². The van der Waals surface area contributed by atoms with E-state index in [0.29, 0.717) is 5.02 Å². The summed E-state index contributed by atoms with van der Waals surface area (Å²) in [5.74, 6) is 0. The highest BCUT2D eigenvalue weighted by atomic mass is 35.5. The molecule has 0 spiro atoms. The predicted molar refractivity (Wildman–Crippen MR) is 59.8 cm³/mol. The summed E-state index contributed by atoms with van der Waals surface area (Å²) in [5.41, 5.74) is 7.46. The molecule has 3 N–H and O–H groups in total. The van der Waals surface area contributed by atoms with E-state index in [0.717, 1.165) is 11.3 Å². The van der Waals surface area contributed by atoms with Crippen LogP contribution in [0.15, 0.2) is 18.2 Å². The molecule has 1 atom stereocenters. The van der Waals surface area contributed by atoms with E-state index in [1.54, 1.807) is 6.07 Å². The van der Waals surface area contributed by atoms with Gasteiger partial charge in [0.2, 0.25) is 0 Å². The molecule has 0 aliphatic carbocycles. The topological polar surface area (TPSA) is 49.5 Å². The molecule has 0 saturated carbocycles. The van der Waals surface area contributed by atoms with Crippen LogP contribution in [0.2, 0.25) is 5.02 Å². The highest BCUT2D eigenvalue weighted by Gasteiger charge is 2.08. The molecule has 0 saturated heterocycles. The molecule has 1 rings (SSSR count). The Hall–Kier alpha value is -0.770. The Bertz CT molecular complexity index is 315. The van der Waals surface area contributed by atoms with Gasteiger partial charge in [-0.3, -0.25) is 0 Å². The number of nitrogens with two attached hydrogens (primary N) is 1. The zero-order chi connectivity index (χ0) is 10.7. The van der Waals surface area contributed by atoms with Crippen molar-refractivity contribution in [2.75, 3.05) is 25.6 Å². The molecule has 0 bridgehead atoms. The standard InChI is InChI=1S/C10H15ClN2O/c1-13(2)10-4-3-7(5-8(10)11)9(12)6-14/h3-5,9,14H,6,12H2,1-2H3. The molecule has 1 aromatic rings. The van der Waals surface area contributed by atoms with Crippen molar-refractivity contribution in [3.8, 4) is 0 Å². The molecule has 0 fully saturated rings. The maximum Gasteiger partial charge on any atom is 0.0642 e. The van der Waals surface area contributed by atoms with Gasteiger partial charge in [0, 0.05) is 14.1 Å². The van der Waals surface area contributed by atoms with Crippen molar-refractivity contribution in [2.45, 2.75) is 6.04 Å². The molecule has 1 unspecified atom stereocenters. The molecular formula is C10H15ClN2O. The normalized spacial score (nSPS) is 12.6. The summed E-state index contributed by atoms with van der Waals surface area (Å²) < 4.78 is 0. The maximum absolute atomic E-state index is 8.88. The van der Waals surface area contributed by atoms with Crippen LogP contribution in [0.25, 0.3) is 0 Å². The van der Waals surface area contributed by atoms with Crippen molar-refractivity contribution in [3.05, 3.63) is 28.8 Å². The average Bonchev–Trinajstić information content (AvgIpc) is 2.15. The lowest BCUT2D eigenvalue weighted by Gasteiger charge is -2.16. The second-order valence-electron chi connectivity index (χ2n) is 3.39. The second kappa shape index (κ2) is 4.64. The van der Waals surface area contributed by atoms with Gasteiger partial charge < -0.3 is 15.7 Å². The summed E-state index contributed by atoms with van der Waals surface area (Å²) >= 11 is 6.05. The van der Waals surface area contributed by atoms with Gasteiger partial charge >= 0.3 is 0 Å². The highest BCUT2D eigenvalue weighted by Crippen LogP contribution is 2.26. The average molecular weight is 215 g/mol. The van der Waals surface area contributed by atoms with Crippen molar-refractivity contribution < 1.29 is 5.11 Å². The summed E-state index contributed by atoms with van der Waals surface area (Å²) in [6.45, 7) is -0.0718. The van der Waals surface area contributed by atoms with Crippen molar-refractivity contribution >= 4 is 17.3 Å². The fourth-order valence-electron chi connectivity index (χ4n) is 1.22. The van der Waals surface area contributed by atoms with Crippen LogP contribution in [0.5, 0.6) is 0 Å². The van der Waals surface area contributed by atoms with E-state index in [-0.39, 0.29) is 12.6 Å². The molecule has 0 aliphatic rings. The fraction of sp³-hybridized carbons (Fsp3) is 0.400. The van der Waals surface area contributed by atoms with E-state index in [9.17, 15) is 0 Å². The number of benzene rings is 1. The predicted octanol–water partition coefficient (Wildman–Crippen LogP) is 1.40. The molecule has 0 radical (unpaired) electrons. The SMILES string of the molecule is CN(C)c1ccc(C(N)CO)cc1Cl. The first-order valence-electron chi connectivity index (χ1n) is 4.39. The number of halogens is 1. The molecule has 4 heteroatoms. The van der Waals surface area contributed by atoms with Crippen LogP contribution in [0.3, 0.4) is 0 Å². The number of aliphatic hydroxyl groups is 1. The first-order chi connectivity index (χ1) is 6.56. The maximum atomic E-state index is 8.88. The van der Waals surface area contributed by atoms with Crippen LogP contribution in [0.4, 0.5) is 5.69 Å². The van der Waals surface area contributed by atoms with Gasteiger partial charge in [0.15, 0.2) is 0 Å². The third kappa shape index (κ3) is 2.38. The van der Waals surface area contributed by atoms with Crippen molar-refractivity contribution in [1.29, 1.82) is 0 Å². The molecule has 0 amide bonds. The van der Waals surface area contributed by atoms with Crippen LogP contribution in [0.1, 0.15) is 11.6 Å². The van der Waals surface area contributed by atoms with Gasteiger partial charge in [0.05, 0.1) is 23.4 Å². The van der Waals surface area contributed by atoms with E-state index in [1.165, 1.54) is 0 Å². The largest absolute Gasteiger partial charge is 0.394 e. The molecule has 0 aromatic heterocycles. The Morgan fingerprint density at radius 2 is 2.14 bits per heavy atom. The molecule has 0 heterocycles. The Balaban J connectivity index is 3.00. The summed E-state index contributed by atoms with van der Waals surface area (Å²) in [7, 11) is 3.85. The number of hydrogen-bond donors (Lipinski definition) is 2. The molecule has 3 nitrogen and oxygen atoms in total. The molecule has 1 aromatic carbocycles. The fourth-order valence-corrected chi connectivity index (χ4v) is 1.58. The third-order valence-electron chi connectivity index (χ3n) is 2.08. The second-order valence-corrected chi connectivity index (χ2v) is 3.80. The van der Waals surface area contributed by atoms with Gasteiger partial charge in [0.25, 0.3) is 0 Å². The Kier molecular flexibility index (Phi) is 3.75. The monoisotopic (exact) mass is 214 g/mol. The van der Waals surface area contributed by atoms with Gasteiger partial charge in [-0.05, 0) is 17.7 Å². The van der Waals surface area contributed by atoms with Gasteiger partial charge in [-0.2, -0.15) is 0 Å². The summed E-state index contributed by atoms with van der Waals surface area (Å²) in [5, 5.41) is 9.53. The highest BCUT2D eigenvalue weighted by molar-refractivity contribution is 6.33. The van der Waals surface area contributed by atoms with Crippen LogP contribution in [0, 0.1) is 0 Å². The first-order valence-corrected chi connectivity index (χ1v) is 4.77. The molecule has 0 aliphatic heterocycles. The Morgan fingerprint density at radius 3 is 2.57 bits per heavy atom. The van der Waals surface area contributed by atoms with Crippen molar-refractivity contribution in [2.24, 2.45) is 5.73 Å². The minimum absolute atomic E-state index is 0.0718. The molecule has 14 heavy (non-hydrogen) atoms. The lowest BCUT2D eigenvalue weighted by Crippen LogP contribution is -2.15. The minimum Gasteiger partial charge on any atom is -0.394 e. The van der Waals surface area contributed by atoms with E-state index in [2.05, 4.69) is 0 Å². The van der Waals surface area contributed by atoms with E-state index in [1.807, 2.05) is 31.1 Å². The van der Waals surface area contributed by atoms with Crippen molar-refractivity contribution in [1.82, 2.24) is 0 Å². The zero-order valence-corrected chi connectivity index (χ0v) is 9.12. The van der Waals surface area contributed by atoms with Gasteiger partial charge in [0.1, 0.15) is 0 Å². The number of aliphatic hydroxyl groups excluding tert-OH is 1. The van der Waals surface area contributed by atoms with Crippen LogP contribution < -0.4 is 10.6 Å². The van der Waals surface area contributed by atoms with Gasteiger partial charge in [-0.1, -0.05) is 17.7 Å². The number of rotatable bonds is 3. The van der Waals surface area contributed by atoms with Crippen LogP contribution in [-0.2, 0) is 0 Å². The third-order valence-corrected chi connectivity index (χ3v) is 2.38. The minimum atomic E-state index is -0.358. The summed E-state index contributed by atoms with van der Waals surface area (Å²) in [6.07, 6.45) is 0. The number of nitrogens with zero attached hydrogens (tertiary/aromatic N) is 1. The van der Waals surface area contributed by atoms with Crippen LogP contribution in [-0.4, -0.2) is 25.8 Å². The summed E-state index contributed by atoms with van der Waals surface area (Å²) in [4.78, 5) is 1.93. The van der Waals surface area contributed by atoms with E-state index in [4.69, 9.17) is 22.4 Å². The number of hydrogen-bond acceptors (Lipinski definition) is 3. The van der Waals surface area contributed by atoms with Crippen LogP contribution >= 0.6 is 11.6 Å². The van der Waals surface area contributed by atoms with E-state index >= 15 is 0 Å². The first kappa shape index (κ1) is 11.3. The summed E-state index contributed by atoms with van der Waals surface area (Å²) in [6, 6.07) is 5.20. The Labute approximate surface area is 89.1 Å². The zero-order valence-electron chi connectivity index (χ0n) is 8.37. The molecule has 78 valence electrons. The molecular weight excluding hydrogens is 200 g/mol. The Morgan fingerprint density at radius 1 is 1.50 bits per heavy atom. The van der Waals surface area contributed by atoms with Gasteiger partial charge in [-0.15, -0.1) is 0 Å². The smallest absolute Gasteiger partial charge is 0.0642 e.